The highest BCUT2D eigenvalue weighted by Crippen LogP contribution is 2.61. The maximum absolute atomic E-state index is 10.3. The Bertz CT molecular complexity index is 1120. The average molecular weight is 374 g/mol. The molecule has 3 atom stereocenters. The van der Waals surface area contributed by atoms with E-state index in [0.717, 1.165) is 0 Å². The molecule has 0 amide bonds. The van der Waals surface area contributed by atoms with Gasteiger partial charge in [-0.15, -0.1) is 0 Å². The number of hydrogen-bond acceptors (Lipinski definition) is 6. The van der Waals surface area contributed by atoms with Crippen molar-refractivity contribution in [3.8, 4) is 30.3 Å². The second kappa shape index (κ2) is 7.29. The molecular weight excluding hydrogens is 360 g/mol. The molecule has 1 aliphatic rings. The van der Waals surface area contributed by atoms with Crippen molar-refractivity contribution in [2.75, 3.05) is 0 Å². The normalized spacial score (nSPS) is 24.0. The van der Waals surface area contributed by atoms with E-state index in [0.29, 0.717) is 11.1 Å². The van der Waals surface area contributed by atoms with Crippen LogP contribution in [0, 0.1) is 78.8 Å². The molecule has 0 spiro atoms. The number of rotatable bonds is 2. The van der Waals surface area contributed by atoms with E-state index in [4.69, 9.17) is 5.41 Å². The first-order valence-corrected chi connectivity index (χ1v) is 8.79. The van der Waals surface area contributed by atoms with Crippen LogP contribution in [-0.4, -0.2) is 5.71 Å². The second-order valence-corrected chi connectivity index (χ2v) is 6.88. The van der Waals surface area contributed by atoms with E-state index < -0.39 is 28.6 Å². The molecule has 136 valence electrons. The summed E-state index contributed by atoms with van der Waals surface area (Å²) in [4.78, 5) is 0. The van der Waals surface area contributed by atoms with Crippen molar-refractivity contribution >= 4 is 5.71 Å². The van der Waals surface area contributed by atoms with Gasteiger partial charge in [0, 0.05) is 5.92 Å². The van der Waals surface area contributed by atoms with Crippen LogP contribution >= 0.6 is 0 Å². The van der Waals surface area contributed by atoms with E-state index >= 15 is 0 Å². The molecule has 2 aromatic carbocycles. The number of benzene rings is 2. The van der Waals surface area contributed by atoms with Crippen LogP contribution in [-0.2, 0) is 0 Å². The summed E-state index contributed by atoms with van der Waals surface area (Å²) in [7, 11) is 0. The maximum Gasteiger partial charge on any atom is 0.191 e. The van der Waals surface area contributed by atoms with Crippen molar-refractivity contribution < 1.29 is 0 Å². The molecule has 1 saturated carbocycles. The van der Waals surface area contributed by atoms with Gasteiger partial charge in [0.05, 0.1) is 47.9 Å². The van der Waals surface area contributed by atoms with Crippen LogP contribution in [0.3, 0.4) is 0 Å². The lowest BCUT2D eigenvalue weighted by molar-refractivity contribution is 0.229. The smallest absolute Gasteiger partial charge is 0.191 e. The zero-order valence-corrected chi connectivity index (χ0v) is 15.2. The van der Waals surface area contributed by atoms with Gasteiger partial charge in [-0.05, 0) is 11.1 Å². The molecule has 1 aliphatic carbocycles. The highest BCUT2D eigenvalue weighted by molar-refractivity contribution is 6.00. The second-order valence-electron chi connectivity index (χ2n) is 6.88. The zero-order chi connectivity index (χ0) is 21.1. The van der Waals surface area contributed by atoms with E-state index in [-0.39, 0.29) is 5.71 Å². The van der Waals surface area contributed by atoms with E-state index in [2.05, 4.69) is 12.1 Å². The van der Waals surface area contributed by atoms with Gasteiger partial charge in [0.15, 0.2) is 10.8 Å². The summed E-state index contributed by atoms with van der Waals surface area (Å²) in [5.74, 6) is -3.48. The van der Waals surface area contributed by atoms with Gasteiger partial charge in [-0.1, -0.05) is 60.7 Å². The summed E-state index contributed by atoms with van der Waals surface area (Å²) in [6.07, 6.45) is 0. The van der Waals surface area contributed by atoms with E-state index in [9.17, 15) is 26.3 Å². The number of hydrogen-bond donors (Lipinski definition) is 1. The number of nitrogens with one attached hydrogen (secondary N) is 1. The first-order valence-electron chi connectivity index (χ1n) is 8.79. The Labute approximate surface area is 168 Å². The fourth-order valence-corrected chi connectivity index (χ4v) is 4.33. The Balaban J connectivity index is 2.46. The van der Waals surface area contributed by atoms with Crippen LogP contribution in [0.4, 0.5) is 0 Å². The highest BCUT2D eigenvalue weighted by Gasteiger charge is 2.67. The first-order chi connectivity index (χ1) is 14.1. The van der Waals surface area contributed by atoms with Gasteiger partial charge in [0.25, 0.3) is 0 Å². The van der Waals surface area contributed by atoms with Crippen molar-refractivity contribution in [1.82, 2.24) is 0 Å². The Morgan fingerprint density at radius 2 is 1.17 bits per heavy atom. The molecule has 0 heterocycles. The van der Waals surface area contributed by atoms with Gasteiger partial charge < -0.3 is 5.41 Å². The van der Waals surface area contributed by atoms with Crippen molar-refractivity contribution in [3.05, 3.63) is 71.8 Å². The van der Waals surface area contributed by atoms with E-state index in [1.807, 2.05) is 18.2 Å². The number of nitrogens with zero attached hydrogens (tertiary/aromatic N) is 5. The monoisotopic (exact) mass is 374 g/mol. The highest BCUT2D eigenvalue weighted by atomic mass is 14.7. The third kappa shape index (κ3) is 2.55. The molecule has 0 aliphatic heterocycles. The van der Waals surface area contributed by atoms with E-state index in [1.54, 1.807) is 60.7 Å². The largest absolute Gasteiger partial charge is 0.305 e. The van der Waals surface area contributed by atoms with Crippen LogP contribution in [0.5, 0.6) is 0 Å². The summed E-state index contributed by atoms with van der Waals surface area (Å²) >= 11 is 0. The molecule has 6 nitrogen and oxygen atoms in total. The fourth-order valence-electron chi connectivity index (χ4n) is 4.33. The quantitative estimate of drug-likeness (QED) is 0.850. The summed E-state index contributed by atoms with van der Waals surface area (Å²) in [6, 6.07) is 26.9. The van der Waals surface area contributed by atoms with Gasteiger partial charge in [-0.3, -0.25) is 0 Å². The SMILES string of the molecule is N#C[C@H]1C(=N)C(C#N)(C#N)[C@@H](c2ccccc2)C(C#N)(C#N)[C@H]1c1ccccc1. The molecule has 6 heteroatoms. The van der Waals surface area contributed by atoms with Crippen molar-refractivity contribution in [3.63, 3.8) is 0 Å². The standard InChI is InChI=1S/C23H14N6/c24-11-18-19(16-7-3-1-4-8-16)22(12-25,13-26)20(17-9-5-2-6-10-17)23(14-27,15-28)21(18)29/h1-10,18-20,29H/t18-,19+,20+/m1/s1. The molecule has 0 bridgehead atoms. The molecule has 29 heavy (non-hydrogen) atoms. The van der Waals surface area contributed by atoms with Gasteiger partial charge in [-0.25, -0.2) is 0 Å². The molecule has 2 aromatic rings. The van der Waals surface area contributed by atoms with Crippen molar-refractivity contribution in [2.24, 2.45) is 16.7 Å². The van der Waals surface area contributed by atoms with Gasteiger partial charge in [0.2, 0.25) is 0 Å². The molecule has 0 aromatic heterocycles. The van der Waals surface area contributed by atoms with Crippen LogP contribution in [0.15, 0.2) is 60.7 Å². The predicted molar refractivity (Wildman–Crippen MR) is 103 cm³/mol. The van der Waals surface area contributed by atoms with Gasteiger partial charge in [-0.2, -0.15) is 26.3 Å². The summed E-state index contributed by atoms with van der Waals surface area (Å²) in [5, 5.41) is 59.0. The van der Waals surface area contributed by atoms with Crippen LogP contribution < -0.4 is 0 Å². The zero-order valence-electron chi connectivity index (χ0n) is 15.2. The molecule has 0 radical (unpaired) electrons. The molecular formula is C23H14N6. The van der Waals surface area contributed by atoms with Gasteiger partial charge in [0.1, 0.15) is 0 Å². The summed E-state index contributed by atoms with van der Waals surface area (Å²) < 4.78 is 0. The Morgan fingerprint density at radius 1 is 0.690 bits per heavy atom. The van der Waals surface area contributed by atoms with Crippen molar-refractivity contribution in [1.29, 1.82) is 31.7 Å². The molecule has 0 saturated heterocycles. The van der Waals surface area contributed by atoms with Crippen LogP contribution in [0.25, 0.3) is 0 Å². The lowest BCUT2D eigenvalue weighted by Gasteiger charge is -2.48. The minimum atomic E-state index is -2.11. The first kappa shape index (κ1) is 19.3. The minimum absolute atomic E-state index is 0.381. The summed E-state index contributed by atoms with van der Waals surface area (Å²) in [5.41, 5.74) is -3.43. The lowest BCUT2D eigenvalue weighted by atomic mass is 9.46. The molecule has 3 rings (SSSR count). The Morgan fingerprint density at radius 3 is 1.59 bits per heavy atom. The lowest BCUT2D eigenvalue weighted by Crippen LogP contribution is -2.55. The fraction of sp³-hybridized carbons (Fsp3) is 0.217. The maximum atomic E-state index is 10.3. The third-order valence-electron chi connectivity index (χ3n) is 5.60. The molecule has 0 unspecified atom stereocenters. The predicted octanol–water partition coefficient (Wildman–Crippen LogP) is 3.79. The minimum Gasteiger partial charge on any atom is -0.305 e. The van der Waals surface area contributed by atoms with Crippen LogP contribution in [0.1, 0.15) is 23.0 Å². The number of nitriles is 5. The van der Waals surface area contributed by atoms with Crippen LogP contribution in [0.2, 0.25) is 0 Å². The Hall–Kier alpha value is -4.44. The summed E-state index contributed by atoms with van der Waals surface area (Å²) in [6.45, 7) is 0. The van der Waals surface area contributed by atoms with E-state index in [1.165, 1.54) is 0 Å². The Kier molecular flexibility index (Phi) is 4.86. The topological polar surface area (TPSA) is 143 Å². The molecule has 1 fully saturated rings. The van der Waals surface area contributed by atoms with Crippen molar-refractivity contribution in [2.45, 2.75) is 11.8 Å². The van der Waals surface area contributed by atoms with Gasteiger partial charge >= 0.3 is 0 Å². The third-order valence-corrected chi connectivity index (χ3v) is 5.60. The molecule has 1 N–H and O–H groups in total. The average Bonchev–Trinajstić information content (AvgIpc) is 2.79.